The largest absolute Gasteiger partial charge is 0.354 e. The number of nitrogens with zero attached hydrogens (tertiary/aromatic N) is 2. The summed E-state index contributed by atoms with van der Waals surface area (Å²) in [6.07, 6.45) is 1.82. The number of carbonyl (C=O) groups excluding carboxylic acids is 3. The number of hydrogen-bond donors (Lipinski definition) is 1. The highest BCUT2D eigenvalue weighted by molar-refractivity contribution is 6.31. The minimum absolute atomic E-state index is 0.0435. The lowest BCUT2D eigenvalue weighted by Gasteiger charge is -2.32. The number of rotatable bonds is 12. The first-order chi connectivity index (χ1) is 20.0. The van der Waals surface area contributed by atoms with E-state index in [-0.39, 0.29) is 30.7 Å². The summed E-state index contributed by atoms with van der Waals surface area (Å²) in [4.78, 5) is 44.1. The van der Waals surface area contributed by atoms with E-state index in [2.05, 4.69) is 5.32 Å². The number of amides is 3. The second kappa shape index (κ2) is 13.0. The number of halogens is 1. The van der Waals surface area contributed by atoms with Crippen molar-refractivity contribution in [2.45, 2.75) is 45.2 Å². The van der Waals surface area contributed by atoms with Crippen LogP contribution in [0.4, 0.5) is 5.69 Å². The fraction of sp³-hybridized carbons (Fsp3) is 0.265. The molecule has 4 aromatic rings. The van der Waals surface area contributed by atoms with Crippen LogP contribution >= 0.6 is 11.6 Å². The van der Waals surface area contributed by atoms with Crippen molar-refractivity contribution < 1.29 is 14.4 Å². The lowest BCUT2D eigenvalue weighted by molar-refractivity contribution is -0.141. The van der Waals surface area contributed by atoms with Gasteiger partial charge in [-0.3, -0.25) is 14.4 Å². The van der Waals surface area contributed by atoms with Crippen LogP contribution in [0.2, 0.25) is 5.02 Å². The predicted octanol–water partition coefficient (Wildman–Crippen LogP) is 6.40. The van der Waals surface area contributed by atoms with Gasteiger partial charge >= 0.3 is 0 Å². The fourth-order valence-electron chi connectivity index (χ4n) is 5.46. The summed E-state index contributed by atoms with van der Waals surface area (Å²) in [5.41, 5.74) is 3.32. The summed E-state index contributed by atoms with van der Waals surface area (Å²) in [5.74, 6) is -0.383. The molecular weight excluding hydrogens is 534 g/mol. The smallest absolute Gasteiger partial charge is 0.258 e. The van der Waals surface area contributed by atoms with Gasteiger partial charge in [0.25, 0.3) is 5.91 Å². The van der Waals surface area contributed by atoms with E-state index in [9.17, 15) is 14.4 Å². The molecule has 3 amide bonds. The highest BCUT2D eigenvalue weighted by atomic mass is 35.5. The molecule has 0 saturated carbocycles. The Morgan fingerprint density at radius 2 is 1.66 bits per heavy atom. The zero-order valence-electron chi connectivity index (χ0n) is 23.2. The molecule has 0 radical (unpaired) electrons. The van der Waals surface area contributed by atoms with Crippen molar-refractivity contribution in [2.24, 2.45) is 0 Å². The molecule has 0 aromatic heterocycles. The Bertz CT molecular complexity index is 1550. The number of carbonyl (C=O) groups is 3. The Morgan fingerprint density at radius 3 is 2.41 bits per heavy atom. The van der Waals surface area contributed by atoms with E-state index >= 15 is 0 Å². The fourth-order valence-corrected chi connectivity index (χ4v) is 5.66. The highest BCUT2D eigenvalue weighted by Crippen LogP contribution is 2.37. The van der Waals surface area contributed by atoms with Crippen LogP contribution in [0.1, 0.15) is 47.7 Å². The molecule has 0 unspecified atom stereocenters. The topological polar surface area (TPSA) is 69.7 Å². The third-order valence-electron chi connectivity index (χ3n) is 7.54. The quantitative estimate of drug-likeness (QED) is 0.215. The molecular formula is C34H34ClN3O3. The monoisotopic (exact) mass is 567 g/mol. The normalized spacial score (nSPS) is 12.9. The molecule has 1 atom stereocenters. The van der Waals surface area contributed by atoms with Gasteiger partial charge < -0.3 is 15.1 Å². The summed E-state index contributed by atoms with van der Waals surface area (Å²) in [7, 11) is 0. The van der Waals surface area contributed by atoms with Gasteiger partial charge in [0.2, 0.25) is 11.8 Å². The van der Waals surface area contributed by atoms with Crippen molar-refractivity contribution in [3.05, 3.63) is 113 Å². The number of anilines is 1. The molecule has 1 N–H and O–H groups in total. The van der Waals surface area contributed by atoms with Crippen molar-refractivity contribution in [3.63, 3.8) is 0 Å². The van der Waals surface area contributed by atoms with Gasteiger partial charge in [0, 0.05) is 48.4 Å². The lowest BCUT2D eigenvalue weighted by Crippen LogP contribution is -2.50. The van der Waals surface area contributed by atoms with Gasteiger partial charge in [0.1, 0.15) is 6.04 Å². The zero-order chi connectivity index (χ0) is 28.8. The minimum atomic E-state index is -0.709. The zero-order valence-corrected chi connectivity index (χ0v) is 23.9. The predicted molar refractivity (Wildman–Crippen MR) is 164 cm³/mol. The Morgan fingerprint density at radius 1 is 0.927 bits per heavy atom. The summed E-state index contributed by atoms with van der Waals surface area (Å²) in [6, 6.07) is 28.1. The molecule has 0 aliphatic carbocycles. The number of hydrogen-bond acceptors (Lipinski definition) is 3. The molecule has 0 spiro atoms. The first-order valence-electron chi connectivity index (χ1n) is 14.2. The van der Waals surface area contributed by atoms with Crippen LogP contribution in [-0.4, -0.2) is 41.8 Å². The van der Waals surface area contributed by atoms with E-state index in [4.69, 9.17) is 11.6 Å². The molecule has 41 heavy (non-hydrogen) atoms. The van der Waals surface area contributed by atoms with Crippen LogP contribution in [0.15, 0.2) is 91.0 Å². The van der Waals surface area contributed by atoms with Crippen LogP contribution in [0.3, 0.4) is 0 Å². The Hall–Kier alpha value is -4.16. The average molecular weight is 568 g/mol. The molecule has 210 valence electrons. The second-order valence-corrected chi connectivity index (χ2v) is 10.8. The number of nitrogens with one attached hydrogen (secondary N) is 1. The molecule has 0 saturated heterocycles. The van der Waals surface area contributed by atoms with Gasteiger partial charge in [-0.15, -0.1) is 0 Å². The SMILES string of the molecule is CCCNC(=O)[C@H](Cc1ccccc1)N(Cc1ccccc1Cl)C(=O)CCCN1C(=O)c2cccc3cccc1c23. The van der Waals surface area contributed by atoms with Crippen molar-refractivity contribution in [1.82, 2.24) is 10.2 Å². The molecule has 1 heterocycles. The van der Waals surface area contributed by atoms with Crippen molar-refractivity contribution in [1.29, 1.82) is 0 Å². The standard InChI is InChI=1S/C34H34ClN3O3/c1-2-20-36-33(40)30(22-24-11-4-3-5-12-24)38(23-26-13-6-7-17-28(26)35)31(39)19-10-21-37-29-18-9-15-25-14-8-16-27(32(25)29)34(37)41/h3-9,11-18,30H,2,10,19-23H2,1H3,(H,36,40)/t30-/m0/s1. The van der Waals surface area contributed by atoms with E-state index in [1.807, 2.05) is 91.9 Å². The molecule has 6 nitrogen and oxygen atoms in total. The van der Waals surface area contributed by atoms with E-state index < -0.39 is 6.04 Å². The molecule has 1 aliphatic rings. The van der Waals surface area contributed by atoms with E-state index in [0.717, 1.165) is 34.0 Å². The molecule has 1 aliphatic heterocycles. The Balaban J connectivity index is 1.37. The van der Waals surface area contributed by atoms with E-state index in [1.54, 1.807) is 15.9 Å². The second-order valence-electron chi connectivity index (χ2n) is 10.4. The summed E-state index contributed by atoms with van der Waals surface area (Å²) < 4.78 is 0. The average Bonchev–Trinajstić information content (AvgIpc) is 3.27. The lowest BCUT2D eigenvalue weighted by atomic mass is 10.0. The minimum Gasteiger partial charge on any atom is -0.354 e. The highest BCUT2D eigenvalue weighted by Gasteiger charge is 2.32. The van der Waals surface area contributed by atoms with Crippen LogP contribution in [0, 0.1) is 0 Å². The first kappa shape index (κ1) is 28.4. The third-order valence-corrected chi connectivity index (χ3v) is 7.91. The Kier molecular flexibility index (Phi) is 9.00. The van der Waals surface area contributed by atoms with Gasteiger partial charge in [0.05, 0.1) is 5.69 Å². The molecule has 5 rings (SSSR count). The van der Waals surface area contributed by atoms with Crippen LogP contribution in [-0.2, 0) is 22.6 Å². The van der Waals surface area contributed by atoms with Crippen molar-refractivity contribution >= 4 is 45.8 Å². The van der Waals surface area contributed by atoms with E-state index in [1.165, 1.54) is 0 Å². The van der Waals surface area contributed by atoms with Crippen molar-refractivity contribution in [3.8, 4) is 0 Å². The summed E-state index contributed by atoms with van der Waals surface area (Å²) in [5, 5.41) is 5.53. The van der Waals surface area contributed by atoms with Gasteiger partial charge in [-0.25, -0.2) is 0 Å². The first-order valence-corrected chi connectivity index (χ1v) is 14.5. The van der Waals surface area contributed by atoms with Gasteiger partial charge in [-0.2, -0.15) is 0 Å². The summed E-state index contributed by atoms with van der Waals surface area (Å²) in [6.45, 7) is 3.14. The van der Waals surface area contributed by atoms with Crippen molar-refractivity contribution in [2.75, 3.05) is 18.0 Å². The Labute approximate surface area is 245 Å². The summed E-state index contributed by atoms with van der Waals surface area (Å²) >= 11 is 6.51. The molecule has 7 heteroatoms. The molecule has 0 fully saturated rings. The molecule has 0 bridgehead atoms. The van der Waals surface area contributed by atoms with Crippen LogP contribution in [0.25, 0.3) is 10.8 Å². The van der Waals surface area contributed by atoms with Crippen LogP contribution < -0.4 is 10.2 Å². The van der Waals surface area contributed by atoms with Gasteiger partial charge in [0.15, 0.2) is 0 Å². The third kappa shape index (κ3) is 6.28. The van der Waals surface area contributed by atoms with Gasteiger partial charge in [-0.05, 0) is 47.6 Å². The maximum atomic E-state index is 13.9. The van der Waals surface area contributed by atoms with E-state index in [0.29, 0.717) is 36.5 Å². The number of benzene rings is 4. The maximum absolute atomic E-state index is 13.9. The van der Waals surface area contributed by atoms with Crippen LogP contribution in [0.5, 0.6) is 0 Å². The maximum Gasteiger partial charge on any atom is 0.258 e. The van der Waals surface area contributed by atoms with Gasteiger partial charge in [-0.1, -0.05) is 91.3 Å². The molecule has 4 aromatic carbocycles.